The molecule has 0 N–H and O–H groups in total. The molecule has 0 radical (unpaired) electrons. The fourth-order valence-electron chi connectivity index (χ4n) is 3.04. The lowest BCUT2D eigenvalue weighted by atomic mass is 10.1. The summed E-state index contributed by atoms with van der Waals surface area (Å²) < 4.78 is 16.6. The van der Waals surface area contributed by atoms with Gasteiger partial charge in [0.2, 0.25) is 11.7 Å². The molecule has 1 atom stereocenters. The summed E-state index contributed by atoms with van der Waals surface area (Å²) in [7, 11) is 3.30. The van der Waals surface area contributed by atoms with Crippen LogP contribution < -0.4 is 9.47 Å². The summed E-state index contributed by atoms with van der Waals surface area (Å²) in [5.74, 6) is 2.09. The summed E-state index contributed by atoms with van der Waals surface area (Å²) >= 11 is 0. The Morgan fingerprint density at radius 2 is 1.97 bits per heavy atom. The number of methoxy groups -OCH3 is 1. The molecule has 0 spiro atoms. The number of aryl methyl sites for hydroxylation is 1. The van der Waals surface area contributed by atoms with Gasteiger partial charge in [0.05, 0.1) is 13.7 Å². The highest BCUT2D eigenvalue weighted by molar-refractivity contribution is 5.81. The number of hydrogen-bond acceptors (Lipinski definition) is 6. The number of carbonyl (C=O) groups is 1. The third kappa shape index (κ3) is 4.79. The molecular formula is C23H27N3O4. The van der Waals surface area contributed by atoms with Gasteiger partial charge in [0.25, 0.3) is 5.91 Å². The molecule has 1 heterocycles. The average molecular weight is 409 g/mol. The standard InChI is InChI=1S/C23H27N3O4/c1-6-19(29-20-12-7-9-15(2)16(20)3)23(27)26(4)14-21-24-22(25-30-21)17-10-8-11-18(13-17)28-5/h7-13,19H,6,14H2,1-5H3/t19-/m0/s1. The molecular weight excluding hydrogens is 382 g/mol. The maximum atomic E-state index is 12.9. The van der Waals surface area contributed by atoms with Crippen LogP contribution >= 0.6 is 0 Å². The lowest BCUT2D eigenvalue weighted by molar-refractivity contribution is -0.138. The molecule has 7 nitrogen and oxygen atoms in total. The van der Waals surface area contributed by atoms with E-state index in [-0.39, 0.29) is 12.5 Å². The molecule has 0 aliphatic rings. The molecule has 1 amide bonds. The molecule has 7 heteroatoms. The van der Waals surface area contributed by atoms with Gasteiger partial charge in [0.1, 0.15) is 11.5 Å². The monoisotopic (exact) mass is 409 g/mol. The molecule has 0 aliphatic carbocycles. The van der Waals surface area contributed by atoms with Crippen molar-refractivity contribution >= 4 is 5.91 Å². The Morgan fingerprint density at radius 3 is 2.70 bits per heavy atom. The molecule has 0 saturated heterocycles. The van der Waals surface area contributed by atoms with Gasteiger partial charge < -0.3 is 18.9 Å². The zero-order valence-electron chi connectivity index (χ0n) is 18.0. The van der Waals surface area contributed by atoms with Crippen molar-refractivity contribution in [1.82, 2.24) is 15.0 Å². The Kier molecular flexibility index (Phi) is 6.72. The van der Waals surface area contributed by atoms with Gasteiger partial charge in [-0.2, -0.15) is 4.98 Å². The Bertz CT molecular complexity index is 1020. The van der Waals surface area contributed by atoms with Crippen LogP contribution in [0.3, 0.4) is 0 Å². The van der Waals surface area contributed by atoms with E-state index in [4.69, 9.17) is 14.0 Å². The van der Waals surface area contributed by atoms with Gasteiger partial charge in [0, 0.05) is 12.6 Å². The fraction of sp³-hybridized carbons (Fsp3) is 0.348. The van der Waals surface area contributed by atoms with Crippen molar-refractivity contribution < 1.29 is 18.8 Å². The highest BCUT2D eigenvalue weighted by atomic mass is 16.5. The van der Waals surface area contributed by atoms with E-state index in [0.29, 0.717) is 23.9 Å². The van der Waals surface area contributed by atoms with Crippen LogP contribution in [0.5, 0.6) is 11.5 Å². The van der Waals surface area contributed by atoms with E-state index >= 15 is 0 Å². The van der Waals surface area contributed by atoms with Crippen molar-refractivity contribution in [1.29, 1.82) is 0 Å². The lowest BCUT2D eigenvalue weighted by Crippen LogP contribution is -2.39. The summed E-state index contributed by atoms with van der Waals surface area (Å²) in [6.45, 7) is 6.13. The molecule has 3 rings (SSSR count). The van der Waals surface area contributed by atoms with Gasteiger partial charge in [-0.3, -0.25) is 4.79 Å². The molecule has 0 fully saturated rings. The van der Waals surface area contributed by atoms with E-state index < -0.39 is 6.10 Å². The highest BCUT2D eigenvalue weighted by Crippen LogP contribution is 2.24. The first-order valence-corrected chi connectivity index (χ1v) is 9.87. The first-order chi connectivity index (χ1) is 14.4. The second-order valence-electron chi connectivity index (χ2n) is 7.15. The Labute approximate surface area is 176 Å². The van der Waals surface area contributed by atoms with Crippen LogP contribution in [0, 0.1) is 13.8 Å². The summed E-state index contributed by atoms with van der Waals surface area (Å²) in [4.78, 5) is 18.9. The molecule has 0 bridgehead atoms. The van der Waals surface area contributed by atoms with E-state index in [1.165, 1.54) is 0 Å². The van der Waals surface area contributed by atoms with Crippen molar-refractivity contribution in [3.63, 3.8) is 0 Å². The topological polar surface area (TPSA) is 77.7 Å². The summed E-state index contributed by atoms with van der Waals surface area (Å²) in [6, 6.07) is 13.2. The molecule has 1 aromatic heterocycles. The van der Waals surface area contributed by atoms with E-state index in [1.54, 1.807) is 19.1 Å². The Balaban J connectivity index is 1.68. The van der Waals surface area contributed by atoms with Crippen molar-refractivity contribution in [3.05, 3.63) is 59.5 Å². The first kappa shape index (κ1) is 21.4. The lowest BCUT2D eigenvalue weighted by Gasteiger charge is -2.23. The van der Waals surface area contributed by atoms with Crippen LogP contribution in [-0.4, -0.2) is 41.2 Å². The quantitative estimate of drug-likeness (QED) is 0.555. The van der Waals surface area contributed by atoms with Crippen LogP contribution in [-0.2, 0) is 11.3 Å². The van der Waals surface area contributed by atoms with Crippen LogP contribution in [0.1, 0.15) is 30.4 Å². The first-order valence-electron chi connectivity index (χ1n) is 9.87. The number of nitrogens with zero attached hydrogens (tertiary/aromatic N) is 3. The van der Waals surface area contributed by atoms with Gasteiger partial charge in [0.15, 0.2) is 6.10 Å². The maximum Gasteiger partial charge on any atom is 0.263 e. The minimum atomic E-state index is -0.587. The van der Waals surface area contributed by atoms with Crippen molar-refractivity contribution in [2.45, 2.75) is 39.8 Å². The van der Waals surface area contributed by atoms with Crippen LogP contribution in [0.4, 0.5) is 0 Å². The smallest absolute Gasteiger partial charge is 0.263 e. The SMILES string of the molecule is CC[C@H](Oc1cccc(C)c1C)C(=O)N(C)Cc1nc(-c2cccc(OC)c2)no1. The van der Waals surface area contributed by atoms with Crippen LogP contribution in [0.25, 0.3) is 11.4 Å². The predicted octanol–water partition coefficient (Wildman–Crippen LogP) is 4.18. The minimum absolute atomic E-state index is 0.139. The number of ether oxygens (including phenoxy) is 2. The molecule has 0 unspecified atom stereocenters. The summed E-state index contributed by atoms with van der Waals surface area (Å²) in [5, 5.41) is 4.02. The van der Waals surface area contributed by atoms with E-state index in [9.17, 15) is 4.79 Å². The normalized spacial score (nSPS) is 11.8. The predicted molar refractivity (Wildman–Crippen MR) is 113 cm³/mol. The molecule has 3 aromatic rings. The van der Waals surface area contributed by atoms with Crippen LogP contribution in [0.15, 0.2) is 47.0 Å². The summed E-state index contributed by atoms with van der Waals surface area (Å²) in [5.41, 5.74) is 2.94. The van der Waals surface area contributed by atoms with E-state index in [0.717, 1.165) is 22.4 Å². The fourth-order valence-corrected chi connectivity index (χ4v) is 3.04. The van der Waals surface area contributed by atoms with Crippen molar-refractivity contribution in [3.8, 4) is 22.9 Å². The van der Waals surface area contributed by atoms with Crippen molar-refractivity contribution in [2.75, 3.05) is 14.2 Å². The molecule has 2 aromatic carbocycles. The molecule has 158 valence electrons. The number of rotatable bonds is 8. The van der Waals surface area contributed by atoms with Gasteiger partial charge >= 0.3 is 0 Å². The Morgan fingerprint density at radius 1 is 1.20 bits per heavy atom. The largest absolute Gasteiger partial charge is 0.497 e. The van der Waals surface area contributed by atoms with Gasteiger partial charge in [-0.05, 0) is 49.6 Å². The van der Waals surface area contributed by atoms with Crippen molar-refractivity contribution in [2.24, 2.45) is 0 Å². The summed E-state index contributed by atoms with van der Waals surface area (Å²) in [6.07, 6.45) is -0.0357. The Hall–Kier alpha value is -3.35. The average Bonchev–Trinajstić information content (AvgIpc) is 3.22. The van der Waals surface area contributed by atoms with Gasteiger partial charge in [-0.1, -0.05) is 36.3 Å². The highest BCUT2D eigenvalue weighted by Gasteiger charge is 2.24. The second-order valence-corrected chi connectivity index (χ2v) is 7.15. The maximum absolute atomic E-state index is 12.9. The zero-order valence-corrected chi connectivity index (χ0v) is 18.0. The van der Waals surface area contributed by atoms with Crippen LogP contribution in [0.2, 0.25) is 0 Å². The number of amides is 1. The van der Waals surface area contributed by atoms with E-state index in [1.807, 2.05) is 63.2 Å². The van der Waals surface area contributed by atoms with Gasteiger partial charge in [-0.15, -0.1) is 0 Å². The number of hydrogen-bond donors (Lipinski definition) is 0. The molecule has 0 aliphatic heterocycles. The second kappa shape index (κ2) is 9.43. The number of likely N-dealkylation sites (N-methyl/N-ethyl adjacent to an activating group) is 1. The third-order valence-electron chi connectivity index (χ3n) is 5.02. The van der Waals surface area contributed by atoms with E-state index in [2.05, 4.69) is 10.1 Å². The number of carbonyl (C=O) groups excluding carboxylic acids is 1. The molecule has 30 heavy (non-hydrogen) atoms. The van der Waals surface area contributed by atoms with Gasteiger partial charge in [-0.25, -0.2) is 0 Å². The molecule has 0 saturated carbocycles. The zero-order chi connectivity index (χ0) is 21.7. The number of aromatic nitrogens is 2. The minimum Gasteiger partial charge on any atom is -0.497 e. The number of benzene rings is 2. The third-order valence-corrected chi connectivity index (χ3v) is 5.02.